The summed E-state index contributed by atoms with van der Waals surface area (Å²) in [6.45, 7) is 4.78. The number of nitrogens with one attached hydrogen (secondary N) is 1. The number of anilines is 1. The molecule has 1 aromatic heterocycles. The van der Waals surface area contributed by atoms with E-state index in [9.17, 15) is 10.1 Å². The van der Waals surface area contributed by atoms with Crippen molar-refractivity contribution in [3.8, 4) is 0 Å². The molecule has 0 aliphatic heterocycles. The molecule has 0 saturated heterocycles. The lowest BCUT2D eigenvalue weighted by molar-refractivity contribution is -0.385. The largest absolute Gasteiger partial charge is 0.370 e. The van der Waals surface area contributed by atoms with Crippen LogP contribution in [0.15, 0.2) is 46.3 Å². The van der Waals surface area contributed by atoms with E-state index in [1.54, 1.807) is 0 Å². The maximum absolute atomic E-state index is 11.0. The highest BCUT2D eigenvalue weighted by Crippen LogP contribution is 2.32. The van der Waals surface area contributed by atoms with Gasteiger partial charge in [0, 0.05) is 17.5 Å². The van der Waals surface area contributed by atoms with E-state index in [1.165, 1.54) is 23.9 Å². The molecule has 5 nitrogen and oxygen atoms in total. The van der Waals surface area contributed by atoms with Gasteiger partial charge in [0.05, 0.1) is 11.0 Å². The number of rotatable bonds is 6. The van der Waals surface area contributed by atoms with Crippen molar-refractivity contribution in [3.63, 3.8) is 0 Å². The van der Waals surface area contributed by atoms with E-state index in [2.05, 4.69) is 10.3 Å². The Balaban J connectivity index is 2.31. The lowest BCUT2D eigenvalue weighted by atomic mass is 10.2. The fourth-order valence-corrected chi connectivity index (χ4v) is 2.70. The lowest BCUT2D eigenvalue weighted by Gasteiger charge is -2.08. The number of benzene rings is 1. The van der Waals surface area contributed by atoms with Crippen LogP contribution < -0.4 is 5.32 Å². The van der Waals surface area contributed by atoms with Gasteiger partial charge in [-0.25, -0.2) is 4.98 Å². The molecule has 110 valence electrons. The predicted molar refractivity (Wildman–Crippen MR) is 85.0 cm³/mol. The Morgan fingerprint density at radius 1 is 1.33 bits per heavy atom. The highest BCUT2D eigenvalue weighted by atomic mass is 32.2. The molecule has 21 heavy (non-hydrogen) atoms. The summed E-state index contributed by atoms with van der Waals surface area (Å²) in [5.74, 6) is 0.544. The van der Waals surface area contributed by atoms with Gasteiger partial charge in [-0.2, -0.15) is 0 Å². The van der Waals surface area contributed by atoms with Gasteiger partial charge >= 0.3 is 0 Å². The third-order valence-corrected chi connectivity index (χ3v) is 3.96. The number of hydrogen-bond acceptors (Lipinski definition) is 5. The molecule has 0 spiro atoms. The number of pyridine rings is 1. The second-order valence-corrected chi connectivity index (χ2v) is 5.66. The van der Waals surface area contributed by atoms with E-state index in [0.29, 0.717) is 10.8 Å². The number of nitro groups is 1. The van der Waals surface area contributed by atoms with Gasteiger partial charge in [0.1, 0.15) is 10.8 Å². The summed E-state index contributed by atoms with van der Waals surface area (Å²) in [5.41, 5.74) is 1.18. The van der Waals surface area contributed by atoms with E-state index in [-0.39, 0.29) is 10.6 Å². The third-order valence-electron chi connectivity index (χ3n) is 2.86. The Labute approximate surface area is 127 Å². The van der Waals surface area contributed by atoms with Gasteiger partial charge in [-0.3, -0.25) is 10.1 Å². The Bertz CT molecular complexity index is 647. The van der Waals surface area contributed by atoms with Gasteiger partial charge in [0.25, 0.3) is 5.69 Å². The molecule has 0 bridgehead atoms. The van der Waals surface area contributed by atoms with Crippen LogP contribution in [0.2, 0.25) is 0 Å². The number of aromatic nitrogens is 1. The average Bonchev–Trinajstić information content (AvgIpc) is 2.47. The minimum atomic E-state index is -0.388. The van der Waals surface area contributed by atoms with E-state index in [4.69, 9.17) is 0 Å². The normalized spacial score (nSPS) is 10.4. The van der Waals surface area contributed by atoms with E-state index in [1.807, 2.05) is 38.1 Å². The van der Waals surface area contributed by atoms with Gasteiger partial charge < -0.3 is 5.32 Å². The first-order chi connectivity index (χ1) is 10.1. The molecule has 0 amide bonds. The topological polar surface area (TPSA) is 68.1 Å². The number of hydrogen-bond donors (Lipinski definition) is 1. The van der Waals surface area contributed by atoms with Crippen molar-refractivity contribution in [2.24, 2.45) is 0 Å². The fourth-order valence-electron chi connectivity index (χ4n) is 1.78. The second kappa shape index (κ2) is 7.08. The standard InChI is InChI=1S/C15H17N3O2S/c1-3-8-16-14-9-12(18(19)20)10-15(17-14)21-13-7-5-4-6-11(13)2/h4-7,9-10H,3,8H2,1-2H3,(H,16,17). The zero-order valence-electron chi connectivity index (χ0n) is 12.0. The van der Waals surface area contributed by atoms with Gasteiger partial charge in [-0.05, 0) is 25.0 Å². The van der Waals surface area contributed by atoms with Crippen LogP contribution in [0.1, 0.15) is 18.9 Å². The maximum Gasteiger partial charge on any atom is 0.275 e. The molecule has 1 aromatic carbocycles. The monoisotopic (exact) mass is 303 g/mol. The summed E-state index contributed by atoms with van der Waals surface area (Å²) < 4.78 is 0. The molecule has 0 aliphatic carbocycles. The van der Waals surface area contributed by atoms with Crippen LogP contribution in [0, 0.1) is 17.0 Å². The molecule has 0 radical (unpaired) electrons. The van der Waals surface area contributed by atoms with Crippen molar-refractivity contribution >= 4 is 23.3 Å². The van der Waals surface area contributed by atoms with Crippen molar-refractivity contribution in [2.45, 2.75) is 30.2 Å². The summed E-state index contributed by atoms with van der Waals surface area (Å²) in [7, 11) is 0. The molecule has 0 unspecified atom stereocenters. The molecule has 0 fully saturated rings. The van der Waals surface area contributed by atoms with Crippen molar-refractivity contribution in [1.82, 2.24) is 4.98 Å². The maximum atomic E-state index is 11.0. The van der Waals surface area contributed by atoms with Crippen LogP contribution in [0.25, 0.3) is 0 Å². The summed E-state index contributed by atoms with van der Waals surface area (Å²) >= 11 is 1.44. The zero-order valence-corrected chi connectivity index (χ0v) is 12.8. The van der Waals surface area contributed by atoms with Crippen LogP contribution in [0.5, 0.6) is 0 Å². The predicted octanol–water partition coefficient (Wildman–Crippen LogP) is 4.27. The van der Waals surface area contributed by atoms with E-state index in [0.717, 1.165) is 23.4 Å². The summed E-state index contributed by atoms with van der Waals surface area (Å²) in [5, 5.41) is 14.8. The SMILES string of the molecule is CCCNc1cc([N+](=O)[O-])cc(Sc2ccccc2C)n1. The molecular weight excluding hydrogens is 286 g/mol. The third kappa shape index (κ3) is 4.19. The molecule has 2 aromatic rings. The Morgan fingerprint density at radius 3 is 2.76 bits per heavy atom. The molecule has 0 atom stereocenters. The smallest absolute Gasteiger partial charge is 0.275 e. The fraction of sp³-hybridized carbons (Fsp3) is 0.267. The zero-order chi connectivity index (χ0) is 15.2. The summed E-state index contributed by atoms with van der Waals surface area (Å²) in [6, 6.07) is 10.9. The van der Waals surface area contributed by atoms with Crippen molar-refractivity contribution in [2.75, 3.05) is 11.9 Å². The molecule has 1 heterocycles. The average molecular weight is 303 g/mol. The molecular formula is C15H17N3O2S. The van der Waals surface area contributed by atoms with Crippen LogP contribution in [-0.4, -0.2) is 16.5 Å². The molecule has 6 heteroatoms. The Kier molecular flexibility index (Phi) is 5.16. The molecule has 2 rings (SSSR count). The van der Waals surface area contributed by atoms with E-state index >= 15 is 0 Å². The van der Waals surface area contributed by atoms with E-state index < -0.39 is 0 Å². The molecule has 1 N–H and O–H groups in total. The van der Waals surface area contributed by atoms with Gasteiger partial charge in [-0.1, -0.05) is 36.9 Å². The highest BCUT2D eigenvalue weighted by molar-refractivity contribution is 7.99. The number of nitrogens with zero attached hydrogens (tertiary/aromatic N) is 2. The Hall–Kier alpha value is -2.08. The van der Waals surface area contributed by atoms with Crippen LogP contribution in [0.4, 0.5) is 11.5 Å². The van der Waals surface area contributed by atoms with Crippen molar-refractivity contribution in [3.05, 3.63) is 52.1 Å². The highest BCUT2D eigenvalue weighted by Gasteiger charge is 2.12. The lowest BCUT2D eigenvalue weighted by Crippen LogP contribution is -2.03. The summed E-state index contributed by atoms with van der Waals surface area (Å²) in [4.78, 5) is 16.1. The summed E-state index contributed by atoms with van der Waals surface area (Å²) in [6.07, 6.45) is 0.935. The van der Waals surface area contributed by atoms with Gasteiger partial charge in [-0.15, -0.1) is 0 Å². The molecule has 0 saturated carbocycles. The quantitative estimate of drug-likeness (QED) is 0.637. The van der Waals surface area contributed by atoms with Crippen LogP contribution in [-0.2, 0) is 0 Å². The van der Waals surface area contributed by atoms with Gasteiger partial charge in [0.2, 0.25) is 0 Å². The number of aryl methyl sites for hydroxylation is 1. The van der Waals surface area contributed by atoms with Crippen molar-refractivity contribution < 1.29 is 4.92 Å². The minimum absolute atomic E-state index is 0.0553. The van der Waals surface area contributed by atoms with Crippen molar-refractivity contribution in [1.29, 1.82) is 0 Å². The second-order valence-electron chi connectivity index (χ2n) is 4.60. The Morgan fingerprint density at radius 2 is 2.10 bits per heavy atom. The van der Waals surface area contributed by atoms with Gasteiger partial charge in [0.15, 0.2) is 0 Å². The molecule has 0 aliphatic rings. The first-order valence-corrected chi connectivity index (χ1v) is 7.55. The van der Waals surface area contributed by atoms with Crippen LogP contribution in [0.3, 0.4) is 0 Å². The first kappa shape index (κ1) is 15.3. The first-order valence-electron chi connectivity index (χ1n) is 6.74. The minimum Gasteiger partial charge on any atom is -0.370 e. The van der Waals surface area contributed by atoms with Crippen LogP contribution >= 0.6 is 11.8 Å².